The minimum Gasteiger partial charge on any atom is -0.481 e. The Hall–Kier alpha value is -1.50. The first-order valence-corrected chi connectivity index (χ1v) is 8.47. The number of carbonyl (C=O) groups excluding carboxylic acids is 1. The van der Waals surface area contributed by atoms with Crippen LogP contribution < -0.4 is 9.47 Å². The molecular weight excluding hydrogens is 316 g/mol. The highest BCUT2D eigenvalue weighted by atomic mass is 32.2. The standard InChI is InChI=1S/C16H26N2O4S/c1-7-8-14(19)22-10-11(16(2,3)4)23-15-17-12(20-5)9-13(18-15)21-6/h9,11H,7-8,10H2,1-6H3. The van der Waals surface area contributed by atoms with Gasteiger partial charge in [-0.1, -0.05) is 39.5 Å². The second-order valence-electron chi connectivity index (χ2n) is 6.14. The van der Waals surface area contributed by atoms with Crippen molar-refractivity contribution >= 4 is 17.7 Å². The van der Waals surface area contributed by atoms with Crippen LogP contribution in [0.1, 0.15) is 40.5 Å². The van der Waals surface area contributed by atoms with E-state index in [9.17, 15) is 4.79 Å². The summed E-state index contributed by atoms with van der Waals surface area (Å²) in [4.78, 5) is 20.3. The molecule has 1 aromatic heterocycles. The molecule has 1 atom stereocenters. The van der Waals surface area contributed by atoms with E-state index in [0.29, 0.717) is 29.9 Å². The van der Waals surface area contributed by atoms with E-state index < -0.39 is 0 Å². The topological polar surface area (TPSA) is 70.5 Å². The first-order valence-electron chi connectivity index (χ1n) is 7.59. The van der Waals surface area contributed by atoms with Gasteiger partial charge in [0.15, 0.2) is 5.16 Å². The van der Waals surface area contributed by atoms with Crippen LogP contribution in [0.3, 0.4) is 0 Å². The third-order valence-corrected chi connectivity index (χ3v) is 4.66. The van der Waals surface area contributed by atoms with Gasteiger partial charge in [0.2, 0.25) is 11.8 Å². The highest BCUT2D eigenvalue weighted by molar-refractivity contribution is 7.99. The summed E-state index contributed by atoms with van der Waals surface area (Å²) in [5, 5.41) is 0.549. The predicted octanol–water partition coefficient (Wildman–Crippen LogP) is 3.34. The summed E-state index contributed by atoms with van der Waals surface area (Å²) in [6.07, 6.45) is 1.22. The van der Waals surface area contributed by atoms with Crippen molar-refractivity contribution in [1.29, 1.82) is 0 Å². The van der Waals surface area contributed by atoms with E-state index in [0.717, 1.165) is 6.42 Å². The first kappa shape index (κ1) is 19.5. The maximum absolute atomic E-state index is 11.6. The summed E-state index contributed by atoms with van der Waals surface area (Å²) < 4.78 is 15.7. The van der Waals surface area contributed by atoms with Crippen LogP contribution in [-0.4, -0.2) is 42.0 Å². The Bertz CT molecular complexity index is 495. The molecule has 1 rings (SSSR count). The number of nitrogens with zero attached hydrogens (tertiary/aromatic N) is 2. The lowest BCUT2D eigenvalue weighted by Crippen LogP contribution is -2.29. The molecule has 1 heterocycles. The van der Waals surface area contributed by atoms with Crippen LogP contribution in [0.5, 0.6) is 11.8 Å². The number of methoxy groups -OCH3 is 2. The third-order valence-electron chi connectivity index (χ3n) is 3.14. The predicted molar refractivity (Wildman–Crippen MR) is 90.1 cm³/mol. The van der Waals surface area contributed by atoms with E-state index in [4.69, 9.17) is 14.2 Å². The van der Waals surface area contributed by atoms with Gasteiger partial charge in [-0.2, -0.15) is 9.97 Å². The SMILES string of the molecule is CCCC(=O)OCC(Sc1nc(OC)cc(OC)n1)C(C)(C)C. The number of thioether (sulfide) groups is 1. The van der Waals surface area contributed by atoms with Crippen LogP contribution in [0.15, 0.2) is 11.2 Å². The van der Waals surface area contributed by atoms with Gasteiger partial charge in [0, 0.05) is 6.42 Å². The molecule has 0 radical (unpaired) electrons. The quantitative estimate of drug-likeness (QED) is 0.407. The molecule has 0 N–H and O–H groups in total. The zero-order chi connectivity index (χ0) is 17.5. The molecule has 0 aliphatic carbocycles. The molecule has 0 amide bonds. The highest BCUT2D eigenvalue weighted by Crippen LogP contribution is 2.35. The number of hydrogen-bond donors (Lipinski definition) is 0. The normalized spacial score (nSPS) is 12.6. The zero-order valence-corrected chi connectivity index (χ0v) is 15.5. The summed E-state index contributed by atoms with van der Waals surface area (Å²) in [5.41, 5.74) is -0.0865. The van der Waals surface area contributed by atoms with Gasteiger partial charge >= 0.3 is 5.97 Å². The molecule has 0 fully saturated rings. The van der Waals surface area contributed by atoms with E-state index in [1.54, 1.807) is 20.3 Å². The molecule has 6 nitrogen and oxygen atoms in total. The minimum atomic E-state index is -0.175. The van der Waals surface area contributed by atoms with E-state index in [-0.39, 0.29) is 16.6 Å². The van der Waals surface area contributed by atoms with Crippen LogP contribution in [0, 0.1) is 5.41 Å². The molecule has 0 aliphatic rings. The van der Waals surface area contributed by atoms with Gasteiger partial charge < -0.3 is 14.2 Å². The first-order chi connectivity index (χ1) is 10.8. The summed E-state index contributed by atoms with van der Waals surface area (Å²) in [5.74, 6) is 0.705. The van der Waals surface area contributed by atoms with Crippen LogP contribution in [0.25, 0.3) is 0 Å². The molecule has 1 unspecified atom stereocenters. The molecule has 0 bridgehead atoms. The Balaban J connectivity index is 2.87. The second kappa shape index (κ2) is 8.96. The van der Waals surface area contributed by atoms with E-state index in [1.807, 2.05) is 6.92 Å². The molecule has 0 spiro atoms. The van der Waals surface area contributed by atoms with Crippen molar-refractivity contribution in [3.8, 4) is 11.8 Å². The largest absolute Gasteiger partial charge is 0.481 e. The summed E-state index contributed by atoms with van der Waals surface area (Å²) in [6.45, 7) is 8.55. The van der Waals surface area contributed by atoms with Crippen molar-refractivity contribution in [3.05, 3.63) is 6.07 Å². The Morgan fingerprint density at radius 2 is 1.78 bits per heavy atom. The Kier molecular flexibility index (Phi) is 7.61. The van der Waals surface area contributed by atoms with Gasteiger partial charge in [-0.15, -0.1) is 0 Å². The number of rotatable bonds is 8. The molecule has 0 aliphatic heterocycles. The van der Waals surface area contributed by atoms with Crippen LogP contribution >= 0.6 is 11.8 Å². The molecule has 0 saturated heterocycles. The van der Waals surface area contributed by atoms with E-state index >= 15 is 0 Å². The number of hydrogen-bond acceptors (Lipinski definition) is 7. The van der Waals surface area contributed by atoms with Crippen molar-refractivity contribution in [2.24, 2.45) is 5.41 Å². The Labute approximate surface area is 142 Å². The van der Waals surface area contributed by atoms with Gasteiger partial charge in [-0.05, 0) is 11.8 Å². The summed E-state index contributed by atoms with van der Waals surface area (Å²) in [6, 6.07) is 1.62. The molecule has 23 heavy (non-hydrogen) atoms. The fourth-order valence-corrected chi connectivity index (χ4v) is 2.71. The molecule has 130 valence electrons. The average molecular weight is 342 g/mol. The van der Waals surface area contributed by atoms with Gasteiger partial charge in [0.1, 0.15) is 6.61 Å². The summed E-state index contributed by atoms with van der Waals surface area (Å²) in [7, 11) is 3.09. The fourth-order valence-electron chi connectivity index (χ4n) is 1.68. The van der Waals surface area contributed by atoms with Gasteiger partial charge in [0.05, 0.1) is 25.5 Å². The fraction of sp³-hybridized carbons (Fsp3) is 0.688. The van der Waals surface area contributed by atoms with Crippen LogP contribution in [0.4, 0.5) is 0 Å². The minimum absolute atomic E-state index is 0.0140. The molecule has 1 aromatic rings. The third kappa shape index (κ3) is 6.64. The maximum Gasteiger partial charge on any atom is 0.305 e. The van der Waals surface area contributed by atoms with E-state index in [1.165, 1.54) is 11.8 Å². The van der Waals surface area contributed by atoms with Crippen LogP contribution in [0.2, 0.25) is 0 Å². The number of esters is 1. The molecule has 0 saturated carbocycles. The lowest BCUT2D eigenvalue weighted by molar-refractivity contribution is -0.144. The van der Waals surface area contributed by atoms with Crippen molar-refractivity contribution in [1.82, 2.24) is 9.97 Å². The highest BCUT2D eigenvalue weighted by Gasteiger charge is 2.28. The van der Waals surface area contributed by atoms with Crippen LogP contribution in [-0.2, 0) is 9.53 Å². The Morgan fingerprint density at radius 1 is 1.22 bits per heavy atom. The number of aromatic nitrogens is 2. The second-order valence-corrected chi connectivity index (χ2v) is 7.31. The van der Waals surface area contributed by atoms with Gasteiger partial charge in [0.25, 0.3) is 0 Å². The van der Waals surface area contributed by atoms with E-state index in [2.05, 4.69) is 30.7 Å². The zero-order valence-electron chi connectivity index (χ0n) is 14.7. The maximum atomic E-state index is 11.6. The number of ether oxygens (including phenoxy) is 3. The lowest BCUT2D eigenvalue weighted by Gasteiger charge is -2.29. The monoisotopic (exact) mass is 342 g/mol. The van der Waals surface area contributed by atoms with Crippen molar-refractivity contribution in [2.75, 3.05) is 20.8 Å². The van der Waals surface area contributed by atoms with Crippen molar-refractivity contribution in [3.63, 3.8) is 0 Å². The van der Waals surface area contributed by atoms with Crippen molar-refractivity contribution in [2.45, 2.75) is 50.9 Å². The lowest BCUT2D eigenvalue weighted by atomic mass is 9.92. The Morgan fingerprint density at radius 3 is 2.22 bits per heavy atom. The average Bonchev–Trinajstić information content (AvgIpc) is 2.50. The van der Waals surface area contributed by atoms with Gasteiger partial charge in [-0.25, -0.2) is 0 Å². The number of carbonyl (C=O) groups is 1. The smallest absolute Gasteiger partial charge is 0.305 e. The van der Waals surface area contributed by atoms with Gasteiger partial charge in [-0.3, -0.25) is 4.79 Å². The molecular formula is C16H26N2O4S. The molecule has 0 aromatic carbocycles. The summed E-state index contributed by atoms with van der Waals surface area (Å²) >= 11 is 1.46. The molecule has 7 heteroatoms. The van der Waals surface area contributed by atoms with Crippen molar-refractivity contribution < 1.29 is 19.0 Å².